The van der Waals surface area contributed by atoms with Crippen molar-refractivity contribution in [3.63, 3.8) is 0 Å². The molecule has 0 saturated heterocycles. The van der Waals surface area contributed by atoms with Crippen molar-refractivity contribution >= 4 is 23.4 Å². The van der Waals surface area contributed by atoms with Crippen molar-refractivity contribution in [3.05, 3.63) is 32.5 Å². The van der Waals surface area contributed by atoms with Crippen LogP contribution in [-0.4, -0.2) is 23.0 Å². The molecule has 0 N–H and O–H groups in total. The molecule has 0 atom stereocenters. The van der Waals surface area contributed by atoms with E-state index in [-0.39, 0.29) is 0 Å². The fraction of sp³-hybridized carbons (Fsp3) is 0.250. The maximum atomic E-state index is 12.5. The first-order valence-corrected chi connectivity index (χ1v) is 4.47. The van der Waals surface area contributed by atoms with Crippen LogP contribution in [0.15, 0.2) is 6.07 Å². The molecule has 0 aliphatic carbocycles. The molecule has 6 nitrogen and oxygen atoms in total. The highest BCUT2D eigenvalue weighted by Crippen LogP contribution is 2.30. The Morgan fingerprint density at radius 1 is 1.65 bits per heavy atom. The second-order valence-corrected chi connectivity index (χ2v) is 3.15. The van der Waals surface area contributed by atoms with Crippen LogP contribution < -0.4 is 0 Å². The van der Waals surface area contributed by atoms with Crippen LogP contribution in [0.4, 0.5) is 14.6 Å². The van der Waals surface area contributed by atoms with Gasteiger partial charge in [-0.2, -0.15) is 0 Å². The summed E-state index contributed by atoms with van der Waals surface area (Å²) in [6.07, 6.45) is -3.00. The predicted octanol–water partition coefficient (Wildman–Crippen LogP) is 2.37. The number of alkyl halides is 2. The van der Waals surface area contributed by atoms with Gasteiger partial charge in [0.15, 0.2) is 5.56 Å². The van der Waals surface area contributed by atoms with E-state index in [2.05, 4.69) is 9.72 Å². The van der Waals surface area contributed by atoms with E-state index >= 15 is 0 Å². The Balaban J connectivity index is 3.47. The summed E-state index contributed by atoms with van der Waals surface area (Å²) in [5, 5.41) is 9.84. The third kappa shape index (κ3) is 2.64. The Morgan fingerprint density at radius 2 is 2.24 bits per heavy atom. The largest absolute Gasteiger partial charge is 0.465 e. The SMILES string of the molecule is COC(=O)c1cc(C(F)F)c(Cl)nc1[N+](=O)[O-]. The number of hydrogen-bond acceptors (Lipinski definition) is 5. The highest BCUT2D eigenvalue weighted by molar-refractivity contribution is 6.30. The number of hydrogen-bond donors (Lipinski definition) is 0. The summed E-state index contributed by atoms with van der Waals surface area (Å²) in [5.74, 6) is -2.06. The van der Waals surface area contributed by atoms with Gasteiger partial charge in [0.25, 0.3) is 11.6 Å². The number of nitro groups is 1. The minimum atomic E-state index is -3.00. The van der Waals surface area contributed by atoms with Gasteiger partial charge < -0.3 is 14.9 Å². The van der Waals surface area contributed by atoms with E-state index in [9.17, 15) is 23.7 Å². The van der Waals surface area contributed by atoms with E-state index in [1.807, 2.05) is 0 Å². The molecule has 17 heavy (non-hydrogen) atoms. The van der Waals surface area contributed by atoms with Gasteiger partial charge in [-0.15, -0.1) is 0 Å². The van der Waals surface area contributed by atoms with E-state index < -0.39 is 39.4 Å². The van der Waals surface area contributed by atoms with Crippen LogP contribution in [0.3, 0.4) is 0 Å². The van der Waals surface area contributed by atoms with Crippen molar-refractivity contribution in [2.75, 3.05) is 7.11 Å². The van der Waals surface area contributed by atoms with Gasteiger partial charge >= 0.3 is 11.8 Å². The predicted molar refractivity (Wildman–Crippen MR) is 52.2 cm³/mol. The Bertz CT molecular complexity index is 481. The van der Waals surface area contributed by atoms with Crippen molar-refractivity contribution < 1.29 is 23.2 Å². The molecular weight excluding hydrogens is 262 g/mol. The van der Waals surface area contributed by atoms with Crippen LogP contribution in [0.1, 0.15) is 22.3 Å². The standard InChI is InChI=1S/C8H5ClF2N2O4/c1-17-8(14)4-2-3(6(10)11)5(9)12-7(4)13(15)16/h2,6H,1H3. The number of pyridine rings is 1. The lowest BCUT2D eigenvalue weighted by atomic mass is 10.2. The zero-order valence-corrected chi connectivity index (χ0v) is 9.07. The molecule has 1 aromatic heterocycles. The number of esters is 1. The van der Waals surface area contributed by atoms with Gasteiger partial charge in [-0.05, 0) is 27.6 Å². The molecule has 0 aromatic carbocycles. The average molecular weight is 267 g/mol. The van der Waals surface area contributed by atoms with E-state index in [1.165, 1.54) is 0 Å². The third-order valence-electron chi connectivity index (χ3n) is 1.80. The highest BCUT2D eigenvalue weighted by Gasteiger charge is 2.29. The van der Waals surface area contributed by atoms with E-state index in [0.29, 0.717) is 6.07 Å². The Kier molecular flexibility index (Phi) is 3.89. The lowest BCUT2D eigenvalue weighted by molar-refractivity contribution is -0.389. The molecule has 0 amide bonds. The summed E-state index contributed by atoms with van der Waals surface area (Å²) in [5.41, 5.74) is -1.44. The Morgan fingerprint density at radius 3 is 2.65 bits per heavy atom. The molecule has 92 valence electrons. The third-order valence-corrected chi connectivity index (χ3v) is 2.10. The van der Waals surface area contributed by atoms with Crippen LogP contribution in [0.2, 0.25) is 5.15 Å². The van der Waals surface area contributed by atoms with E-state index in [0.717, 1.165) is 7.11 Å². The molecule has 0 aliphatic rings. The smallest absolute Gasteiger partial charge is 0.379 e. The monoisotopic (exact) mass is 266 g/mol. The molecule has 1 heterocycles. The maximum absolute atomic E-state index is 12.5. The molecule has 0 saturated carbocycles. The zero-order valence-electron chi connectivity index (χ0n) is 8.32. The zero-order chi connectivity index (χ0) is 13.2. The van der Waals surface area contributed by atoms with Crippen molar-refractivity contribution in [3.8, 4) is 0 Å². The maximum Gasteiger partial charge on any atom is 0.379 e. The minimum Gasteiger partial charge on any atom is -0.465 e. The summed E-state index contributed by atoms with van der Waals surface area (Å²) >= 11 is 5.34. The van der Waals surface area contributed by atoms with Gasteiger partial charge in [0, 0.05) is 0 Å². The summed E-state index contributed by atoms with van der Waals surface area (Å²) < 4.78 is 29.2. The van der Waals surface area contributed by atoms with Gasteiger partial charge in [-0.3, -0.25) is 0 Å². The van der Waals surface area contributed by atoms with Crippen molar-refractivity contribution in [1.29, 1.82) is 0 Å². The van der Waals surface area contributed by atoms with Crippen LogP contribution in [0.5, 0.6) is 0 Å². The van der Waals surface area contributed by atoms with E-state index in [1.54, 1.807) is 0 Å². The van der Waals surface area contributed by atoms with Crippen molar-refractivity contribution in [2.24, 2.45) is 0 Å². The topological polar surface area (TPSA) is 82.3 Å². The van der Waals surface area contributed by atoms with Gasteiger partial charge in [0.2, 0.25) is 0 Å². The van der Waals surface area contributed by atoms with Gasteiger partial charge in [-0.1, -0.05) is 0 Å². The number of rotatable bonds is 3. The summed E-state index contributed by atoms with van der Waals surface area (Å²) in [6, 6.07) is 0.601. The van der Waals surface area contributed by atoms with Crippen LogP contribution >= 0.6 is 11.6 Å². The molecule has 0 aliphatic heterocycles. The van der Waals surface area contributed by atoms with Crippen molar-refractivity contribution in [2.45, 2.75) is 6.43 Å². The summed E-state index contributed by atoms with van der Waals surface area (Å²) in [6.45, 7) is 0. The minimum absolute atomic E-state index is 0.601. The quantitative estimate of drug-likeness (QED) is 0.363. The highest BCUT2D eigenvalue weighted by atomic mass is 35.5. The second kappa shape index (κ2) is 5.00. The first-order chi connectivity index (χ1) is 7.88. The fourth-order valence-corrected chi connectivity index (χ4v) is 1.27. The molecule has 0 unspecified atom stereocenters. The number of methoxy groups -OCH3 is 1. The fourth-order valence-electron chi connectivity index (χ4n) is 1.05. The first kappa shape index (κ1) is 13.2. The number of aromatic nitrogens is 1. The number of halogens is 3. The number of carbonyl (C=O) groups is 1. The Hall–Kier alpha value is -1.83. The van der Waals surface area contributed by atoms with Gasteiger partial charge in [-0.25, -0.2) is 13.6 Å². The van der Waals surface area contributed by atoms with Crippen LogP contribution in [0, 0.1) is 10.1 Å². The number of ether oxygens (including phenoxy) is 1. The number of nitrogens with zero attached hydrogens (tertiary/aromatic N) is 2. The lowest BCUT2D eigenvalue weighted by Crippen LogP contribution is -2.09. The van der Waals surface area contributed by atoms with Crippen LogP contribution in [0.25, 0.3) is 0 Å². The molecular formula is C8H5ClF2N2O4. The molecule has 9 heteroatoms. The number of carbonyl (C=O) groups excluding carboxylic acids is 1. The lowest BCUT2D eigenvalue weighted by Gasteiger charge is -2.04. The summed E-state index contributed by atoms with van der Waals surface area (Å²) in [7, 11) is 0.961. The molecule has 0 fully saturated rings. The molecule has 0 radical (unpaired) electrons. The van der Waals surface area contributed by atoms with E-state index in [4.69, 9.17) is 11.6 Å². The normalized spacial score (nSPS) is 10.4. The molecule has 1 rings (SSSR count). The molecule has 0 spiro atoms. The molecule has 1 aromatic rings. The average Bonchev–Trinajstić information content (AvgIpc) is 2.26. The summed E-state index contributed by atoms with van der Waals surface area (Å²) in [4.78, 5) is 23.9. The second-order valence-electron chi connectivity index (χ2n) is 2.79. The first-order valence-electron chi connectivity index (χ1n) is 4.09. The van der Waals surface area contributed by atoms with Gasteiger partial charge in [0.05, 0.1) is 12.7 Å². The molecule has 0 bridgehead atoms. The van der Waals surface area contributed by atoms with Gasteiger partial charge in [0.1, 0.15) is 0 Å². The van der Waals surface area contributed by atoms with Crippen LogP contribution in [-0.2, 0) is 4.74 Å². The van der Waals surface area contributed by atoms with Crippen molar-refractivity contribution in [1.82, 2.24) is 4.98 Å². The Labute approximate surface area is 98.3 Å².